The van der Waals surface area contributed by atoms with E-state index in [1.165, 1.54) is 42.5 Å². The summed E-state index contributed by atoms with van der Waals surface area (Å²) in [6.45, 7) is 0. The lowest BCUT2D eigenvalue weighted by Gasteiger charge is -2.32. The van der Waals surface area contributed by atoms with Crippen LogP contribution in [0.25, 0.3) is 11.1 Å². The van der Waals surface area contributed by atoms with Crippen LogP contribution >= 0.6 is 0 Å². The van der Waals surface area contributed by atoms with E-state index in [1.54, 1.807) is 5.56 Å². The van der Waals surface area contributed by atoms with Crippen LogP contribution in [0.1, 0.15) is 37.2 Å². The van der Waals surface area contributed by atoms with Gasteiger partial charge in [0, 0.05) is 23.2 Å². The molecule has 1 fully saturated rings. The second-order valence-corrected chi connectivity index (χ2v) is 5.77. The molecule has 0 aromatic heterocycles. The third-order valence-corrected chi connectivity index (χ3v) is 4.68. The molecule has 1 N–H and O–H groups in total. The monoisotopic (exact) mass is 249 g/mol. The maximum absolute atomic E-state index is 3.81. The smallest absolute Gasteiger partial charge is 0.0422 e. The van der Waals surface area contributed by atoms with E-state index in [0.29, 0.717) is 12.0 Å². The molecule has 0 radical (unpaired) electrons. The van der Waals surface area contributed by atoms with Crippen molar-refractivity contribution >= 4 is 5.69 Å². The fraction of sp³-hybridized carbons (Fsp3) is 0.333. The number of rotatable bonds is 0. The molecule has 1 heterocycles. The van der Waals surface area contributed by atoms with Crippen LogP contribution in [-0.2, 0) is 0 Å². The highest BCUT2D eigenvalue weighted by molar-refractivity contribution is 5.82. The Bertz CT molecular complexity index is 602. The van der Waals surface area contributed by atoms with E-state index < -0.39 is 0 Å². The molecule has 0 saturated heterocycles. The maximum Gasteiger partial charge on any atom is 0.0422 e. The molecule has 0 spiro atoms. The zero-order chi connectivity index (χ0) is 12.7. The van der Waals surface area contributed by atoms with Gasteiger partial charge in [-0.25, -0.2) is 0 Å². The number of nitrogens with one attached hydrogen (secondary N) is 1. The van der Waals surface area contributed by atoms with Crippen molar-refractivity contribution in [3.05, 3.63) is 54.1 Å². The summed E-state index contributed by atoms with van der Waals surface area (Å²) in [6, 6.07) is 18.3. The van der Waals surface area contributed by atoms with Crippen LogP contribution in [0.5, 0.6) is 0 Å². The molecule has 2 unspecified atom stereocenters. The second kappa shape index (κ2) is 4.41. The SMILES string of the molecule is c1ccc2c(c1)NC1CCCCC1c1ccccc1-2. The van der Waals surface area contributed by atoms with Gasteiger partial charge in [0.05, 0.1) is 0 Å². The van der Waals surface area contributed by atoms with Gasteiger partial charge in [-0.15, -0.1) is 0 Å². The molecule has 1 aliphatic heterocycles. The largest absolute Gasteiger partial charge is 0.381 e. The molecular formula is C18H19N. The summed E-state index contributed by atoms with van der Waals surface area (Å²) in [5.41, 5.74) is 5.65. The van der Waals surface area contributed by atoms with Crippen LogP contribution in [0, 0.1) is 0 Å². The van der Waals surface area contributed by atoms with Crippen LogP contribution in [-0.4, -0.2) is 6.04 Å². The topological polar surface area (TPSA) is 12.0 Å². The highest BCUT2D eigenvalue weighted by atomic mass is 14.9. The first-order valence-corrected chi connectivity index (χ1v) is 7.38. The molecule has 1 aliphatic carbocycles. The van der Waals surface area contributed by atoms with E-state index in [-0.39, 0.29) is 0 Å². The zero-order valence-electron chi connectivity index (χ0n) is 11.1. The number of hydrogen-bond acceptors (Lipinski definition) is 1. The number of anilines is 1. The van der Waals surface area contributed by atoms with Crippen LogP contribution in [0.3, 0.4) is 0 Å². The van der Waals surface area contributed by atoms with Gasteiger partial charge in [-0.2, -0.15) is 0 Å². The van der Waals surface area contributed by atoms with Gasteiger partial charge < -0.3 is 5.32 Å². The van der Waals surface area contributed by atoms with E-state index >= 15 is 0 Å². The van der Waals surface area contributed by atoms with Crippen molar-refractivity contribution in [2.75, 3.05) is 5.32 Å². The molecule has 1 nitrogen and oxygen atoms in total. The lowest BCUT2D eigenvalue weighted by Crippen LogP contribution is -2.29. The Morgan fingerprint density at radius 2 is 1.53 bits per heavy atom. The molecule has 96 valence electrons. The highest BCUT2D eigenvalue weighted by Gasteiger charge is 2.31. The van der Waals surface area contributed by atoms with Gasteiger partial charge in [-0.3, -0.25) is 0 Å². The van der Waals surface area contributed by atoms with Crippen molar-refractivity contribution in [1.82, 2.24) is 0 Å². The van der Waals surface area contributed by atoms with Crippen LogP contribution in [0.2, 0.25) is 0 Å². The first kappa shape index (κ1) is 11.1. The Morgan fingerprint density at radius 3 is 2.47 bits per heavy atom. The standard InChI is InChI=1S/C18H19N/c1-2-8-14-13(7-1)15-9-3-5-11-17(15)19-18-12-6-4-10-16(14)18/h1-3,5,7-9,11,16,18-19H,4,6,10,12H2. The Balaban J connectivity index is 1.95. The average Bonchev–Trinajstić information content (AvgIpc) is 2.62. The molecule has 1 saturated carbocycles. The van der Waals surface area contributed by atoms with Crippen molar-refractivity contribution in [1.29, 1.82) is 0 Å². The van der Waals surface area contributed by atoms with Crippen molar-refractivity contribution in [3.8, 4) is 11.1 Å². The number of hydrogen-bond donors (Lipinski definition) is 1. The predicted molar refractivity (Wildman–Crippen MR) is 80.5 cm³/mol. The van der Waals surface area contributed by atoms with Gasteiger partial charge in [0.15, 0.2) is 0 Å². The summed E-state index contributed by atoms with van der Waals surface area (Å²) in [5.74, 6) is 0.678. The lowest BCUT2D eigenvalue weighted by atomic mass is 9.78. The Labute approximate surface area is 114 Å². The van der Waals surface area contributed by atoms with E-state index in [0.717, 1.165) is 0 Å². The predicted octanol–water partition coefficient (Wildman–Crippen LogP) is 4.81. The van der Waals surface area contributed by atoms with E-state index in [2.05, 4.69) is 53.8 Å². The van der Waals surface area contributed by atoms with Gasteiger partial charge in [0.1, 0.15) is 0 Å². The van der Waals surface area contributed by atoms with Crippen molar-refractivity contribution < 1.29 is 0 Å². The summed E-state index contributed by atoms with van der Waals surface area (Å²) >= 11 is 0. The van der Waals surface area contributed by atoms with Gasteiger partial charge in [0.2, 0.25) is 0 Å². The molecule has 2 aliphatic rings. The summed E-state index contributed by atoms with van der Waals surface area (Å²) in [5, 5.41) is 3.81. The Hall–Kier alpha value is -1.76. The van der Waals surface area contributed by atoms with Gasteiger partial charge >= 0.3 is 0 Å². The Kier molecular flexibility index (Phi) is 2.58. The quantitative estimate of drug-likeness (QED) is 0.706. The molecule has 0 bridgehead atoms. The molecule has 19 heavy (non-hydrogen) atoms. The normalized spacial score (nSPS) is 24.4. The van der Waals surface area contributed by atoms with E-state index in [1.807, 2.05) is 0 Å². The van der Waals surface area contributed by atoms with Gasteiger partial charge in [0.25, 0.3) is 0 Å². The molecule has 1 heteroatoms. The number of benzene rings is 2. The van der Waals surface area contributed by atoms with E-state index in [9.17, 15) is 0 Å². The van der Waals surface area contributed by atoms with Crippen molar-refractivity contribution in [2.45, 2.75) is 37.6 Å². The summed E-state index contributed by atoms with van der Waals surface area (Å²) < 4.78 is 0. The first-order valence-electron chi connectivity index (χ1n) is 7.38. The number of fused-ring (bicyclic) bond motifs is 5. The molecule has 0 amide bonds. The summed E-state index contributed by atoms with van der Waals surface area (Å²) in [4.78, 5) is 0. The minimum absolute atomic E-state index is 0.610. The van der Waals surface area contributed by atoms with Crippen molar-refractivity contribution in [3.63, 3.8) is 0 Å². The fourth-order valence-electron chi connectivity index (χ4n) is 3.79. The zero-order valence-corrected chi connectivity index (χ0v) is 11.1. The summed E-state index contributed by atoms with van der Waals surface area (Å²) in [7, 11) is 0. The minimum atomic E-state index is 0.610. The van der Waals surface area contributed by atoms with Gasteiger partial charge in [-0.1, -0.05) is 55.3 Å². The molecular weight excluding hydrogens is 230 g/mol. The van der Waals surface area contributed by atoms with Crippen LogP contribution < -0.4 is 5.32 Å². The third-order valence-electron chi connectivity index (χ3n) is 4.68. The van der Waals surface area contributed by atoms with Crippen LogP contribution in [0.15, 0.2) is 48.5 Å². The molecule has 2 aromatic carbocycles. The van der Waals surface area contributed by atoms with Gasteiger partial charge in [-0.05, 0) is 30.0 Å². The van der Waals surface area contributed by atoms with Crippen molar-refractivity contribution in [2.24, 2.45) is 0 Å². The first-order chi connectivity index (χ1) is 9.43. The summed E-state index contributed by atoms with van der Waals surface area (Å²) in [6.07, 6.45) is 5.35. The second-order valence-electron chi connectivity index (χ2n) is 5.77. The minimum Gasteiger partial charge on any atom is -0.381 e. The lowest BCUT2D eigenvalue weighted by molar-refractivity contribution is 0.407. The number of para-hydroxylation sites is 1. The maximum atomic E-state index is 3.81. The molecule has 2 aromatic rings. The van der Waals surface area contributed by atoms with E-state index in [4.69, 9.17) is 0 Å². The Morgan fingerprint density at radius 1 is 0.789 bits per heavy atom. The molecule has 2 atom stereocenters. The fourth-order valence-corrected chi connectivity index (χ4v) is 3.79. The highest BCUT2D eigenvalue weighted by Crippen LogP contribution is 2.44. The average molecular weight is 249 g/mol. The molecule has 4 rings (SSSR count). The van der Waals surface area contributed by atoms with Crippen LogP contribution in [0.4, 0.5) is 5.69 Å². The third kappa shape index (κ3) is 1.76.